The maximum Gasteiger partial charge on any atom is 0.242 e. The van der Waals surface area contributed by atoms with E-state index in [0.29, 0.717) is 26.2 Å². The Hall–Kier alpha value is -1.14. The molecule has 16 heavy (non-hydrogen) atoms. The van der Waals surface area contributed by atoms with Gasteiger partial charge in [-0.25, -0.2) is 0 Å². The smallest absolute Gasteiger partial charge is 0.242 e. The summed E-state index contributed by atoms with van der Waals surface area (Å²) in [6, 6.07) is 0.121. The van der Waals surface area contributed by atoms with Gasteiger partial charge in [-0.15, -0.1) is 0 Å². The van der Waals surface area contributed by atoms with Crippen LogP contribution >= 0.6 is 0 Å². The molecule has 1 atom stereocenters. The lowest BCUT2D eigenvalue weighted by molar-refractivity contribution is -0.151. The predicted octanol–water partition coefficient (Wildman–Crippen LogP) is -1.72. The third kappa shape index (κ3) is 2.17. The molecule has 0 aromatic rings. The monoisotopic (exact) mass is 227 g/mol. The van der Waals surface area contributed by atoms with E-state index in [9.17, 15) is 9.59 Å². The molecule has 1 N–H and O–H groups in total. The fourth-order valence-electron chi connectivity index (χ4n) is 2.16. The lowest BCUT2D eigenvalue weighted by atomic mass is 10.1. The second-order valence-corrected chi connectivity index (χ2v) is 4.14. The van der Waals surface area contributed by atoms with Crippen molar-refractivity contribution in [1.82, 2.24) is 15.1 Å². The number of fused-ring (bicyclic) bond motifs is 1. The normalized spacial score (nSPS) is 25.9. The van der Waals surface area contributed by atoms with Gasteiger partial charge >= 0.3 is 0 Å². The molecule has 2 rings (SSSR count). The number of carbonyl (C=O) groups is 2. The van der Waals surface area contributed by atoms with Crippen molar-refractivity contribution in [3.8, 4) is 0 Å². The average molecular weight is 227 g/mol. The van der Waals surface area contributed by atoms with Crippen LogP contribution in [0.3, 0.4) is 0 Å². The molecule has 2 amide bonds. The molecule has 6 nitrogen and oxygen atoms in total. The van der Waals surface area contributed by atoms with Crippen LogP contribution in [0.25, 0.3) is 0 Å². The molecule has 1 unspecified atom stereocenters. The SMILES string of the molecule is COCCN1CC2CNCC(=O)N2CC1=O. The van der Waals surface area contributed by atoms with Gasteiger partial charge in [0.2, 0.25) is 11.8 Å². The summed E-state index contributed by atoms with van der Waals surface area (Å²) in [6.45, 7) is 3.09. The van der Waals surface area contributed by atoms with E-state index in [0.717, 1.165) is 6.54 Å². The molecule has 90 valence electrons. The molecule has 0 spiro atoms. The van der Waals surface area contributed by atoms with E-state index < -0.39 is 0 Å². The predicted molar refractivity (Wildman–Crippen MR) is 56.8 cm³/mol. The molecule has 0 radical (unpaired) electrons. The number of piperazine rings is 2. The van der Waals surface area contributed by atoms with E-state index in [4.69, 9.17) is 4.74 Å². The van der Waals surface area contributed by atoms with Crippen LogP contribution in [-0.4, -0.2) is 74.1 Å². The van der Waals surface area contributed by atoms with Crippen molar-refractivity contribution in [3.05, 3.63) is 0 Å². The first kappa shape index (κ1) is 11.3. The molecule has 2 saturated heterocycles. The van der Waals surface area contributed by atoms with Crippen molar-refractivity contribution in [1.29, 1.82) is 0 Å². The summed E-state index contributed by atoms with van der Waals surface area (Å²) >= 11 is 0. The van der Waals surface area contributed by atoms with E-state index in [2.05, 4.69) is 5.32 Å². The van der Waals surface area contributed by atoms with Crippen molar-refractivity contribution >= 4 is 11.8 Å². The number of amides is 2. The zero-order chi connectivity index (χ0) is 11.5. The third-order valence-electron chi connectivity index (χ3n) is 3.07. The van der Waals surface area contributed by atoms with Crippen molar-refractivity contribution in [3.63, 3.8) is 0 Å². The molecule has 2 fully saturated rings. The molecule has 2 aliphatic heterocycles. The van der Waals surface area contributed by atoms with Crippen LogP contribution in [0.1, 0.15) is 0 Å². The number of hydrogen-bond donors (Lipinski definition) is 1. The molecule has 0 bridgehead atoms. The summed E-state index contributed by atoms with van der Waals surface area (Å²) in [5, 5.41) is 3.06. The zero-order valence-electron chi connectivity index (χ0n) is 9.44. The Bertz CT molecular complexity index is 295. The van der Waals surface area contributed by atoms with Gasteiger partial charge in [0.25, 0.3) is 0 Å². The topological polar surface area (TPSA) is 61.9 Å². The molecule has 0 aliphatic carbocycles. The van der Waals surface area contributed by atoms with Crippen LogP contribution in [0.4, 0.5) is 0 Å². The van der Waals surface area contributed by atoms with Crippen LogP contribution in [0.5, 0.6) is 0 Å². The van der Waals surface area contributed by atoms with Crippen molar-refractivity contribution in [2.45, 2.75) is 6.04 Å². The van der Waals surface area contributed by atoms with Gasteiger partial charge in [-0.1, -0.05) is 0 Å². The number of methoxy groups -OCH3 is 1. The summed E-state index contributed by atoms with van der Waals surface area (Å²) in [7, 11) is 1.62. The van der Waals surface area contributed by atoms with Gasteiger partial charge < -0.3 is 19.9 Å². The summed E-state index contributed by atoms with van der Waals surface area (Å²) in [5.74, 6) is 0.0412. The highest BCUT2D eigenvalue weighted by atomic mass is 16.5. The van der Waals surface area contributed by atoms with E-state index >= 15 is 0 Å². The Morgan fingerprint density at radius 2 is 2.25 bits per heavy atom. The fraction of sp³-hybridized carbons (Fsp3) is 0.800. The number of ether oxygens (including phenoxy) is 1. The van der Waals surface area contributed by atoms with Gasteiger partial charge in [0, 0.05) is 26.7 Å². The summed E-state index contributed by atoms with van der Waals surface area (Å²) in [4.78, 5) is 26.8. The first-order chi connectivity index (χ1) is 7.72. The van der Waals surface area contributed by atoms with Crippen molar-refractivity contribution < 1.29 is 14.3 Å². The number of nitrogens with zero attached hydrogens (tertiary/aromatic N) is 2. The Kier molecular flexibility index (Phi) is 3.40. The van der Waals surface area contributed by atoms with Gasteiger partial charge in [-0.3, -0.25) is 9.59 Å². The number of hydrogen-bond acceptors (Lipinski definition) is 4. The van der Waals surface area contributed by atoms with Crippen LogP contribution in [-0.2, 0) is 14.3 Å². The van der Waals surface area contributed by atoms with Gasteiger partial charge in [0.15, 0.2) is 0 Å². The van der Waals surface area contributed by atoms with E-state index in [1.54, 1.807) is 16.9 Å². The maximum atomic E-state index is 11.8. The Labute approximate surface area is 94.5 Å². The van der Waals surface area contributed by atoms with E-state index in [-0.39, 0.29) is 24.4 Å². The lowest BCUT2D eigenvalue weighted by Crippen LogP contribution is -2.65. The molecular formula is C10H17N3O3. The minimum atomic E-state index is 0.0172. The Morgan fingerprint density at radius 3 is 3.00 bits per heavy atom. The van der Waals surface area contributed by atoms with Crippen LogP contribution in [0, 0.1) is 0 Å². The maximum absolute atomic E-state index is 11.8. The van der Waals surface area contributed by atoms with Gasteiger partial charge in [0.1, 0.15) is 6.54 Å². The largest absolute Gasteiger partial charge is 0.383 e. The van der Waals surface area contributed by atoms with Crippen LogP contribution in [0.15, 0.2) is 0 Å². The molecule has 2 heterocycles. The second kappa shape index (κ2) is 4.80. The highest BCUT2D eigenvalue weighted by Crippen LogP contribution is 2.13. The molecule has 0 aromatic carbocycles. The van der Waals surface area contributed by atoms with Gasteiger partial charge in [-0.2, -0.15) is 0 Å². The zero-order valence-corrected chi connectivity index (χ0v) is 9.44. The first-order valence-electron chi connectivity index (χ1n) is 5.49. The highest BCUT2D eigenvalue weighted by molar-refractivity contribution is 5.87. The third-order valence-corrected chi connectivity index (χ3v) is 3.07. The molecule has 6 heteroatoms. The number of nitrogens with one attached hydrogen (secondary N) is 1. The minimum Gasteiger partial charge on any atom is -0.383 e. The molecule has 0 aromatic heterocycles. The quantitative estimate of drug-likeness (QED) is 0.623. The van der Waals surface area contributed by atoms with Crippen LogP contribution in [0.2, 0.25) is 0 Å². The van der Waals surface area contributed by atoms with Crippen LogP contribution < -0.4 is 5.32 Å². The Morgan fingerprint density at radius 1 is 1.44 bits per heavy atom. The standard InChI is InChI=1S/C10H17N3O3/c1-16-3-2-12-6-8-4-11-5-9(14)13(8)7-10(12)15/h8,11H,2-7H2,1H3. The van der Waals surface area contributed by atoms with Gasteiger partial charge in [-0.05, 0) is 0 Å². The minimum absolute atomic E-state index is 0.0172. The first-order valence-corrected chi connectivity index (χ1v) is 5.49. The van der Waals surface area contributed by atoms with Crippen molar-refractivity contribution in [2.75, 3.05) is 46.4 Å². The lowest BCUT2D eigenvalue weighted by Gasteiger charge is -2.43. The molecule has 0 saturated carbocycles. The summed E-state index contributed by atoms with van der Waals surface area (Å²) in [6.07, 6.45) is 0. The van der Waals surface area contributed by atoms with Gasteiger partial charge in [0.05, 0.1) is 19.2 Å². The average Bonchev–Trinajstić information content (AvgIpc) is 2.28. The highest BCUT2D eigenvalue weighted by Gasteiger charge is 2.36. The second-order valence-electron chi connectivity index (χ2n) is 4.14. The van der Waals surface area contributed by atoms with E-state index in [1.165, 1.54) is 0 Å². The molecular weight excluding hydrogens is 210 g/mol. The molecule has 2 aliphatic rings. The number of rotatable bonds is 3. The fourth-order valence-corrected chi connectivity index (χ4v) is 2.16. The Balaban J connectivity index is 1.97. The van der Waals surface area contributed by atoms with Crippen molar-refractivity contribution in [2.24, 2.45) is 0 Å². The van der Waals surface area contributed by atoms with E-state index in [1.807, 2.05) is 0 Å². The number of carbonyl (C=O) groups excluding carboxylic acids is 2. The summed E-state index contributed by atoms with van der Waals surface area (Å²) in [5.41, 5.74) is 0. The summed E-state index contributed by atoms with van der Waals surface area (Å²) < 4.78 is 4.96.